The van der Waals surface area contributed by atoms with E-state index in [0.29, 0.717) is 12.5 Å². The Balaban J connectivity index is 1.78. The van der Waals surface area contributed by atoms with Crippen LogP contribution in [-0.4, -0.2) is 26.5 Å². The van der Waals surface area contributed by atoms with E-state index in [2.05, 4.69) is 29.2 Å². The molecule has 0 bridgehead atoms. The number of amidine groups is 1. The Morgan fingerprint density at radius 1 is 1.07 bits per heavy atom. The van der Waals surface area contributed by atoms with Gasteiger partial charge < -0.3 is 24.7 Å². The standard InChI is InChI=1S/C22H24N4O2/c1-4-27-18-11-5-15(6-12-18)21-24-22-19(13-14-28-22)20(23)26(21)17-9-7-16(8-10-17)25(2)3/h5-14,20H,4,23H2,1-3H3. The number of hydrogen-bond donors (Lipinski definition) is 1. The van der Waals surface area contributed by atoms with Gasteiger partial charge in [-0.05, 0) is 61.5 Å². The Kier molecular flexibility index (Phi) is 4.79. The third-order valence-electron chi connectivity index (χ3n) is 4.77. The summed E-state index contributed by atoms with van der Waals surface area (Å²) in [5.74, 6) is 2.13. The van der Waals surface area contributed by atoms with Crippen molar-refractivity contribution in [2.75, 3.05) is 30.5 Å². The van der Waals surface area contributed by atoms with Gasteiger partial charge in [0.25, 0.3) is 0 Å². The predicted molar refractivity (Wildman–Crippen MR) is 113 cm³/mol. The fourth-order valence-electron chi connectivity index (χ4n) is 3.31. The Bertz CT molecular complexity index is 975. The van der Waals surface area contributed by atoms with E-state index in [9.17, 15) is 0 Å². The van der Waals surface area contributed by atoms with Gasteiger partial charge in [0.05, 0.1) is 18.4 Å². The van der Waals surface area contributed by atoms with E-state index in [0.717, 1.165) is 34.1 Å². The molecule has 1 atom stereocenters. The molecular weight excluding hydrogens is 352 g/mol. The molecular formula is C22H24N4O2. The predicted octanol–water partition coefficient (Wildman–Crippen LogP) is 4.30. The number of aliphatic imine (C=N–C) groups is 1. The summed E-state index contributed by atoms with van der Waals surface area (Å²) in [5, 5.41) is 0. The van der Waals surface area contributed by atoms with Crippen LogP contribution in [0.25, 0.3) is 0 Å². The lowest BCUT2D eigenvalue weighted by molar-refractivity contribution is 0.340. The molecule has 144 valence electrons. The summed E-state index contributed by atoms with van der Waals surface area (Å²) in [4.78, 5) is 8.86. The normalized spacial score (nSPS) is 15.8. The minimum absolute atomic E-state index is 0.391. The van der Waals surface area contributed by atoms with Crippen molar-refractivity contribution in [1.29, 1.82) is 0 Å². The van der Waals surface area contributed by atoms with Crippen LogP contribution in [0.5, 0.6) is 5.75 Å². The molecule has 1 unspecified atom stereocenters. The molecule has 1 aromatic heterocycles. The van der Waals surface area contributed by atoms with E-state index in [1.807, 2.05) is 56.3 Å². The van der Waals surface area contributed by atoms with E-state index in [4.69, 9.17) is 19.9 Å². The zero-order chi connectivity index (χ0) is 19.7. The lowest BCUT2D eigenvalue weighted by Crippen LogP contribution is -2.41. The highest BCUT2D eigenvalue weighted by Gasteiger charge is 2.31. The Morgan fingerprint density at radius 2 is 1.79 bits per heavy atom. The average Bonchev–Trinajstić information content (AvgIpc) is 3.18. The molecule has 2 heterocycles. The van der Waals surface area contributed by atoms with Crippen LogP contribution in [0.2, 0.25) is 0 Å². The smallest absolute Gasteiger partial charge is 0.227 e. The molecule has 0 amide bonds. The van der Waals surface area contributed by atoms with Crippen LogP contribution in [-0.2, 0) is 0 Å². The second-order valence-electron chi connectivity index (χ2n) is 6.80. The van der Waals surface area contributed by atoms with Crippen LogP contribution in [0, 0.1) is 0 Å². The molecule has 2 aromatic carbocycles. The molecule has 6 heteroatoms. The Morgan fingerprint density at radius 3 is 2.43 bits per heavy atom. The second-order valence-corrected chi connectivity index (χ2v) is 6.80. The maximum atomic E-state index is 6.62. The Labute approximate surface area is 164 Å². The number of anilines is 2. The number of fused-ring (bicyclic) bond motifs is 1. The molecule has 0 aliphatic carbocycles. The first kappa shape index (κ1) is 18.1. The molecule has 3 aromatic rings. The van der Waals surface area contributed by atoms with E-state index < -0.39 is 6.17 Å². The number of furan rings is 1. The van der Waals surface area contributed by atoms with Crippen molar-refractivity contribution in [2.45, 2.75) is 13.1 Å². The van der Waals surface area contributed by atoms with Crippen molar-refractivity contribution >= 4 is 23.1 Å². The third kappa shape index (κ3) is 3.23. The molecule has 28 heavy (non-hydrogen) atoms. The first-order valence-electron chi connectivity index (χ1n) is 9.30. The molecule has 0 saturated carbocycles. The topological polar surface area (TPSA) is 67.2 Å². The molecule has 0 fully saturated rings. The van der Waals surface area contributed by atoms with Crippen LogP contribution in [0.1, 0.15) is 24.2 Å². The van der Waals surface area contributed by atoms with E-state index >= 15 is 0 Å². The molecule has 0 spiro atoms. The number of nitrogens with zero attached hydrogens (tertiary/aromatic N) is 3. The van der Waals surface area contributed by atoms with Gasteiger partial charge in [0.15, 0.2) is 0 Å². The summed E-state index contributed by atoms with van der Waals surface area (Å²) >= 11 is 0. The molecule has 0 saturated heterocycles. The minimum Gasteiger partial charge on any atom is -0.494 e. The van der Waals surface area contributed by atoms with Crippen LogP contribution in [0.4, 0.5) is 17.3 Å². The Hall–Kier alpha value is -3.25. The number of rotatable bonds is 5. The molecule has 1 aliphatic rings. The number of benzene rings is 2. The van der Waals surface area contributed by atoms with Crippen molar-refractivity contribution in [3.8, 4) is 5.75 Å². The van der Waals surface area contributed by atoms with Crippen molar-refractivity contribution in [3.63, 3.8) is 0 Å². The second kappa shape index (κ2) is 7.40. The molecule has 1 aliphatic heterocycles. The van der Waals surface area contributed by atoms with E-state index in [1.54, 1.807) is 6.26 Å². The lowest BCUT2D eigenvalue weighted by Gasteiger charge is -2.34. The third-order valence-corrected chi connectivity index (χ3v) is 4.77. The SMILES string of the molecule is CCOc1ccc(C2=Nc3occc3C(N)N2c2ccc(N(C)C)cc2)cc1. The van der Waals surface area contributed by atoms with Crippen LogP contribution in [0.15, 0.2) is 70.3 Å². The van der Waals surface area contributed by atoms with Gasteiger partial charge in [0.2, 0.25) is 5.88 Å². The lowest BCUT2D eigenvalue weighted by atomic mass is 10.1. The average molecular weight is 376 g/mol. The van der Waals surface area contributed by atoms with Gasteiger partial charge in [0, 0.05) is 31.0 Å². The molecule has 6 nitrogen and oxygen atoms in total. The summed E-state index contributed by atoms with van der Waals surface area (Å²) in [6, 6.07) is 18.0. The van der Waals surface area contributed by atoms with E-state index in [1.165, 1.54) is 0 Å². The largest absolute Gasteiger partial charge is 0.494 e. The highest BCUT2D eigenvalue weighted by atomic mass is 16.5. The summed E-state index contributed by atoms with van der Waals surface area (Å²) in [5.41, 5.74) is 10.5. The van der Waals surface area contributed by atoms with Gasteiger partial charge in [-0.3, -0.25) is 0 Å². The highest BCUT2D eigenvalue weighted by molar-refractivity contribution is 6.12. The molecule has 0 radical (unpaired) electrons. The van der Waals surface area contributed by atoms with Crippen molar-refractivity contribution in [1.82, 2.24) is 0 Å². The van der Waals surface area contributed by atoms with Crippen LogP contribution < -0.4 is 20.3 Å². The summed E-state index contributed by atoms with van der Waals surface area (Å²) in [6.07, 6.45) is 1.24. The number of nitrogens with two attached hydrogens (primary N) is 1. The van der Waals surface area contributed by atoms with Gasteiger partial charge in [-0.2, -0.15) is 4.99 Å². The van der Waals surface area contributed by atoms with E-state index in [-0.39, 0.29) is 0 Å². The number of hydrogen-bond acceptors (Lipinski definition) is 6. The van der Waals surface area contributed by atoms with Crippen molar-refractivity contribution < 1.29 is 9.15 Å². The molecule has 2 N–H and O–H groups in total. The zero-order valence-electron chi connectivity index (χ0n) is 16.3. The van der Waals surface area contributed by atoms with Crippen LogP contribution >= 0.6 is 0 Å². The summed E-state index contributed by atoms with van der Waals surface area (Å²) in [7, 11) is 4.04. The fraction of sp³-hybridized carbons (Fsp3) is 0.227. The van der Waals surface area contributed by atoms with Crippen LogP contribution in [0.3, 0.4) is 0 Å². The quantitative estimate of drug-likeness (QED) is 0.719. The fourth-order valence-corrected chi connectivity index (χ4v) is 3.31. The molecule has 4 rings (SSSR count). The highest BCUT2D eigenvalue weighted by Crippen LogP contribution is 2.38. The minimum atomic E-state index is -0.391. The maximum Gasteiger partial charge on any atom is 0.227 e. The van der Waals surface area contributed by atoms with Crippen molar-refractivity contribution in [3.05, 3.63) is 72.0 Å². The van der Waals surface area contributed by atoms with Gasteiger partial charge in [-0.15, -0.1) is 0 Å². The first-order valence-corrected chi connectivity index (χ1v) is 9.30. The monoisotopic (exact) mass is 376 g/mol. The van der Waals surface area contributed by atoms with Gasteiger partial charge in [-0.25, -0.2) is 0 Å². The number of ether oxygens (including phenoxy) is 1. The first-order chi connectivity index (χ1) is 13.6. The van der Waals surface area contributed by atoms with Crippen molar-refractivity contribution in [2.24, 2.45) is 10.7 Å². The summed E-state index contributed by atoms with van der Waals surface area (Å²) in [6.45, 7) is 2.60. The van der Waals surface area contributed by atoms with Gasteiger partial charge >= 0.3 is 0 Å². The maximum absolute atomic E-state index is 6.62. The zero-order valence-corrected chi connectivity index (χ0v) is 16.3. The van der Waals surface area contributed by atoms with Gasteiger partial charge in [-0.1, -0.05) is 0 Å². The summed E-state index contributed by atoms with van der Waals surface area (Å²) < 4.78 is 11.1. The van der Waals surface area contributed by atoms with Gasteiger partial charge in [0.1, 0.15) is 17.8 Å².